The van der Waals surface area contributed by atoms with E-state index in [2.05, 4.69) is 112 Å². The molecule has 0 fully saturated rings. The molecule has 0 amide bonds. The number of rotatable bonds is 2. The zero-order valence-electron chi connectivity index (χ0n) is 18.7. The molecule has 150 valence electrons. The van der Waals surface area contributed by atoms with Gasteiger partial charge in [0.1, 0.15) is 0 Å². The van der Waals surface area contributed by atoms with Gasteiger partial charge in [-0.15, -0.1) is 0 Å². The molecule has 0 saturated heterocycles. The lowest BCUT2D eigenvalue weighted by Gasteiger charge is -2.22. The highest BCUT2D eigenvalue weighted by atomic mass is 14.4. The van der Waals surface area contributed by atoms with E-state index in [0.717, 1.165) is 0 Å². The summed E-state index contributed by atoms with van der Waals surface area (Å²) in [5.41, 5.74) is 12.0. The molecule has 0 spiro atoms. The zero-order chi connectivity index (χ0) is 21.3. The Hall–Kier alpha value is -3.12. The normalized spacial score (nSPS) is 13.1. The monoisotopic (exact) mass is 390 g/mol. The Labute approximate surface area is 181 Å². The summed E-state index contributed by atoms with van der Waals surface area (Å²) in [6.07, 6.45) is 0. The van der Waals surface area contributed by atoms with E-state index >= 15 is 0 Å². The molecule has 1 aliphatic carbocycles. The summed E-state index contributed by atoms with van der Waals surface area (Å²) in [6, 6.07) is 33.4. The van der Waals surface area contributed by atoms with Crippen molar-refractivity contribution < 1.29 is 0 Å². The molecule has 0 heteroatoms. The molecule has 0 heterocycles. The molecule has 0 bridgehead atoms. The van der Waals surface area contributed by atoms with Crippen LogP contribution in [0.15, 0.2) is 91.0 Å². The van der Waals surface area contributed by atoms with Gasteiger partial charge in [-0.1, -0.05) is 112 Å². The van der Waals surface area contributed by atoms with Crippen molar-refractivity contribution in [1.82, 2.24) is 0 Å². The number of fused-ring (bicyclic) bond motifs is 3. The number of hydrogen-bond donors (Lipinski definition) is 0. The van der Waals surface area contributed by atoms with Crippen LogP contribution in [0.2, 0.25) is 0 Å². The van der Waals surface area contributed by atoms with Gasteiger partial charge in [0, 0.05) is 5.41 Å². The van der Waals surface area contributed by atoms with Crippen molar-refractivity contribution in [3.05, 3.63) is 108 Å². The molecule has 0 aromatic heterocycles. The number of benzene rings is 4. The Morgan fingerprint density at radius 2 is 1.07 bits per heavy atom. The second kappa shape index (κ2) is 7.95. The molecule has 0 radical (unpaired) electrons. The minimum absolute atomic E-state index is 0.0382. The van der Waals surface area contributed by atoms with Crippen molar-refractivity contribution in [2.75, 3.05) is 0 Å². The van der Waals surface area contributed by atoms with Crippen LogP contribution >= 0.6 is 0 Å². The van der Waals surface area contributed by atoms with Crippen LogP contribution in [0.4, 0.5) is 0 Å². The minimum Gasteiger partial charge on any atom is -0.0683 e. The smallest absolute Gasteiger partial charge is 0.0159 e. The summed E-state index contributed by atoms with van der Waals surface area (Å²) in [4.78, 5) is 0. The summed E-state index contributed by atoms with van der Waals surface area (Å²) in [5.74, 6) is 0. The molecule has 0 nitrogen and oxygen atoms in total. The lowest BCUT2D eigenvalue weighted by molar-refractivity contribution is 0.660. The highest BCUT2D eigenvalue weighted by molar-refractivity contribution is 5.84. The highest BCUT2D eigenvalue weighted by Gasteiger charge is 2.35. The van der Waals surface area contributed by atoms with Gasteiger partial charge >= 0.3 is 0 Å². The van der Waals surface area contributed by atoms with Gasteiger partial charge in [0.05, 0.1) is 0 Å². The van der Waals surface area contributed by atoms with Crippen molar-refractivity contribution in [1.29, 1.82) is 0 Å². The van der Waals surface area contributed by atoms with Gasteiger partial charge in [0.2, 0.25) is 0 Å². The predicted molar refractivity (Wildman–Crippen MR) is 131 cm³/mol. The Bertz CT molecular complexity index is 1180. The molecule has 0 aliphatic heterocycles. The first-order valence-corrected chi connectivity index (χ1v) is 11.0. The fourth-order valence-electron chi connectivity index (χ4n) is 4.51. The van der Waals surface area contributed by atoms with Gasteiger partial charge in [-0.25, -0.2) is 0 Å². The molecule has 0 N–H and O–H groups in total. The maximum atomic E-state index is 2.39. The standard InChI is InChI=1S/C28H24.C2H6/c1-19-11-13-20(14-12-19)21-7-6-8-22(17-21)23-15-16-25-24-9-4-5-10-26(24)28(2,3)27(25)18-23;1-2/h4-18H,1-3H3;1-2H3. The second-order valence-corrected chi connectivity index (χ2v) is 8.38. The Balaban J connectivity index is 0.00000106. The van der Waals surface area contributed by atoms with Crippen molar-refractivity contribution in [2.45, 2.75) is 40.0 Å². The van der Waals surface area contributed by atoms with Crippen molar-refractivity contribution >= 4 is 0 Å². The average Bonchev–Trinajstić information content (AvgIpc) is 3.03. The van der Waals surface area contributed by atoms with E-state index in [1.807, 2.05) is 13.8 Å². The number of hydrogen-bond acceptors (Lipinski definition) is 0. The van der Waals surface area contributed by atoms with Crippen molar-refractivity contribution in [3.63, 3.8) is 0 Å². The lowest BCUT2D eigenvalue weighted by Crippen LogP contribution is -2.14. The first-order chi connectivity index (χ1) is 14.5. The van der Waals surface area contributed by atoms with Gasteiger partial charge in [0.15, 0.2) is 0 Å². The van der Waals surface area contributed by atoms with E-state index in [1.165, 1.54) is 50.1 Å². The first kappa shape index (κ1) is 20.2. The Morgan fingerprint density at radius 3 is 1.80 bits per heavy atom. The molecular weight excluding hydrogens is 360 g/mol. The quantitative estimate of drug-likeness (QED) is 0.321. The van der Waals surface area contributed by atoms with Gasteiger partial charge in [-0.2, -0.15) is 0 Å². The van der Waals surface area contributed by atoms with Crippen LogP contribution in [-0.2, 0) is 5.41 Å². The van der Waals surface area contributed by atoms with Gasteiger partial charge in [0.25, 0.3) is 0 Å². The second-order valence-electron chi connectivity index (χ2n) is 8.38. The maximum Gasteiger partial charge on any atom is 0.0159 e. The van der Waals surface area contributed by atoms with E-state index in [1.54, 1.807) is 0 Å². The fourth-order valence-corrected chi connectivity index (χ4v) is 4.51. The summed E-state index contributed by atoms with van der Waals surface area (Å²) >= 11 is 0. The van der Waals surface area contributed by atoms with Crippen molar-refractivity contribution in [3.8, 4) is 33.4 Å². The van der Waals surface area contributed by atoms with Crippen LogP contribution in [0.1, 0.15) is 44.4 Å². The SMILES string of the molecule is CC.Cc1ccc(-c2cccc(-c3ccc4c(c3)C(C)(C)c3ccccc3-4)c2)cc1. The summed E-state index contributed by atoms with van der Waals surface area (Å²) < 4.78 is 0. The molecule has 0 unspecified atom stereocenters. The maximum absolute atomic E-state index is 2.39. The summed E-state index contributed by atoms with van der Waals surface area (Å²) in [6.45, 7) is 10.8. The van der Waals surface area contributed by atoms with E-state index in [4.69, 9.17) is 0 Å². The molecule has 1 aliphatic rings. The van der Waals surface area contributed by atoms with Gasteiger partial charge in [-0.05, 0) is 63.6 Å². The van der Waals surface area contributed by atoms with Crippen LogP contribution in [0, 0.1) is 6.92 Å². The van der Waals surface area contributed by atoms with Crippen molar-refractivity contribution in [2.24, 2.45) is 0 Å². The Morgan fingerprint density at radius 1 is 0.500 bits per heavy atom. The third-order valence-electron chi connectivity index (χ3n) is 6.16. The predicted octanol–water partition coefficient (Wildman–Crippen LogP) is 8.66. The van der Waals surface area contributed by atoms with Crippen LogP contribution < -0.4 is 0 Å². The average molecular weight is 391 g/mol. The largest absolute Gasteiger partial charge is 0.0683 e. The molecular formula is C30H30. The van der Waals surface area contributed by atoms with Gasteiger partial charge < -0.3 is 0 Å². The topological polar surface area (TPSA) is 0 Å². The zero-order valence-corrected chi connectivity index (χ0v) is 18.7. The highest BCUT2D eigenvalue weighted by Crippen LogP contribution is 2.49. The molecule has 4 aromatic carbocycles. The van der Waals surface area contributed by atoms with Gasteiger partial charge in [-0.3, -0.25) is 0 Å². The van der Waals surface area contributed by atoms with Crippen LogP contribution in [0.25, 0.3) is 33.4 Å². The van der Waals surface area contributed by atoms with E-state index in [9.17, 15) is 0 Å². The third-order valence-corrected chi connectivity index (χ3v) is 6.16. The summed E-state index contributed by atoms with van der Waals surface area (Å²) in [5, 5.41) is 0. The molecule has 4 aromatic rings. The number of aryl methyl sites for hydroxylation is 1. The lowest BCUT2D eigenvalue weighted by atomic mass is 9.81. The van der Waals surface area contributed by atoms with Crippen LogP contribution in [-0.4, -0.2) is 0 Å². The molecule has 5 rings (SSSR count). The summed E-state index contributed by atoms with van der Waals surface area (Å²) in [7, 11) is 0. The van der Waals surface area contributed by atoms with E-state index in [0.29, 0.717) is 0 Å². The fraction of sp³-hybridized carbons (Fsp3) is 0.200. The Kier molecular flexibility index (Phi) is 5.35. The first-order valence-electron chi connectivity index (χ1n) is 11.0. The van der Waals surface area contributed by atoms with Crippen LogP contribution in [0.5, 0.6) is 0 Å². The third kappa shape index (κ3) is 3.37. The minimum atomic E-state index is 0.0382. The molecule has 0 atom stereocenters. The van der Waals surface area contributed by atoms with E-state index < -0.39 is 0 Å². The van der Waals surface area contributed by atoms with Crippen LogP contribution in [0.3, 0.4) is 0 Å². The van der Waals surface area contributed by atoms with E-state index in [-0.39, 0.29) is 5.41 Å². The molecule has 0 saturated carbocycles. The molecule has 30 heavy (non-hydrogen) atoms.